The van der Waals surface area contributed by atoms with Crippen LogP contribution in [0.3, 0.4) is 0 Å². The molecule has 3 N–H and O–H groups in total. The SMILES string of the molecule is CC(C)(C(N)=NO)N1CCN(C(=O)c2cscn2)CC1. The normalized spacial score (nSPS) is 18.3. The molecule has 0 bridgehead atoms. The van der Waals surface area contributed by atoms with Crippen molar-refractivity contribution in [3.05, 3.63) is 16.6 Å². The van der Waals surface area contributed by atoms with Gasteiger partial charge in [0.1, 0.15) is 5.69 Å². The number of rotatable bonds is 3. The minimum atomic E-state index is -0.523. The first-order chi connectivity index (χ1) is 9.46. The first-order valence-electron chi connectivity index (χ1n) is 6.37. The van der Waals surface area contributed by atoms with Crippen LogP contribution in [0.25, 0.3) is 0 Å². The summed E-state index contributed by atoms with van der Waals surface area (Å²) in [5.41, 5.74) is 7.36. The highest BCUT2D eigenvalue weighted by atomic mass is 32.1. The minimum Gasteiger partial charge on any atom is -0.409 e. The number of oxime groups is 1. The van der Waals surface area contributed by atoms with Crippen molar-refractivity contribution in [2.75, 3.05) is 26.2 Å². The van der Waals surface area contributed by atoms with E-state index in [2.05, 4.69) is 15.0 Å². The van der Waals surface area contributed by atoms with E-state index in [1.54, 1.807) is 15.8 Å². The number of carbonyl (C=O) groups excluding carboxylic acids is 1. The molecule has 1 saturated heterocycles. The molecular weight excluding hydrogens is 278 g/mol. The maximum absolute atomic E-state index is 12.2. The van der Waals surface area contributed by atoms with Crippen LogP contribution in [0.2, 0.25) is 0 Å². The van der Waals surface area contributed by atoms with E-state index in [1.165, 1.54) is 11.3 Å². The van der Waals surface area contributed by atoms with Crippen molar-refractivity contribution in [3.63, 3.8) is 0 Å². The van der Waals surface area contributed by atoms with E-state index < -0.39 is 5.54 Å². The number of thiazole rings is 1. The molecular formula is C12H19N5O2S. The average Bonchev–Trinajstić information content (AvgIpc) is 2.99. The number of aromatic nitrogens is 1. The van der Waals surface area contributed by atoms with Gasteiger partial charge in [-0.1, -0.05) is 5.16 Å². The van der Waals surface area contributed by atoms with E-state index >= 15 is 0 Å². The highest BCUT2D eigenvalue weighted by Gasteiger charge is 2.35. The zero-order valence-electron chi connectivity index (χ0n) is 11.6. The fourth-order valence-electron chi connectivity index (χ4n) is 2.23. The third-order valence-electron chi connectivity index (χ3n) is 3.74. The van der Waals surface area contributed by atoms with Crippen LogP contribution >= 0.6 is 11.3 Å². The quantitative estimate of drug-likeness (QED) is 0.365. The van der Waals surface area contributed by atoms with Gasteiger partial charge in [0.2, 0.25) is 0 Å². The molecule has 1 amide bonds. The zero-order chi connectivity index (χ0) is 14.8. The van der Waals surface area contributed by atoms with Crippen molar-refractivity contribution >= 4 is 23.1 Å². The smallest absolute Gasteiger partial charge is 0.273 e. The van der Waals surface area contributed by atoms with Crippen LogP contribution < -0.4 is 5.73 Å². The molecule has 8 heteroatoms. The Morgan fingerprint density at radius 1 is 1.45 bits per heavy atom. The first kappa shape index (κ1) is 14.7. The molecule has 0 spiro atoms. The van der Waals surface area contributed by atoms with Crippen LogP contribution in [0, 0.1) is 0 Å². The maximum Gasteiger partial charge on any atom is 0.273 e. The molecule has 1 aliphatic heterocycles. The van der Waals surface area contributed by atoms with E-state index in [-0.39, 0.29) is 11.7 Å². The van der Waals surface area contributed by atoms with Gasteiger partial charge in [0.15, 0.2) is 5.84 Å². The number of hydrogen-bond acceptors (Lipinski definition) is 6. The molecule has 2 rings (SSSR count). The lowest BCUT2D eigenvalue weighted by Gasteiger charge is -2.43. The number of nitrogens with two attached hydrogens (primary N) is 1. The van der Waals surface area contributed by atoms with E-state index in [0.29, 0.717) is 31.9 Å². The van der Waals surface area contributed by atoms with Crippen molar-refractivity contribution in [3.8, 4) is 0 Å². The van der Waals surface area contributed by atoms with Crippen molar-refractivity contribution in [2.24, 2.45) is 10.9 Å². The Morgan fingerprint density at radius 3 is 2.60 bits per heavy atom. The van der Waals surface area contributed by atoms with Gasteiger partial charge in [-0.3, -0.25) is 9.69 Å². The van der Waals surface area contributed by atoms with Crippen molar-refractivity contribution in [2.45, 2.75) is 19.4 Å². The Bertz CT molecular complexity index is 492. The van der Waals surface area contributed by atoms with E-state index in [1.807, 2.05) is 13.8 Å². The fourth-order valence-corrected chi connectivity index (χ4v) is 2.76. The lowest BCUT2D eigenvalue weighted by Crippen LogP contribution is -2.60. The fraction of sp³-hybridized carbons (Fsp3) is 0.583. The van der Waals surface area contributed by atoms with Crippen LogP contribution in [0.4, 0.5) is 0 Å². The predicted octanol–water partition coefficient (Wildman–Crippen LogP) is 0.426. The third-order valence-corrected chi connectivity index (χ3v) is 4.33. The summed E-state index contributed by atoms with van der Waals surface area (Å²) in [7, 11) is 0. The van der Waals surface area contributed by atoms with E-state index in [0.717, 1.165) is 0 Å². The van der Waals surface area contributed by atoms with Crippen LogP contribution in [0.15, 0.2) is 16.0 Å². The van der Waals surface area contributed by atoms with E-state index in [4.69, 9.17) is 10.9 Å². The van der Waals surface area contributed by atoms with Gasteiger partial charge in [-0.15, -0.1) is 11.3 Å². The number of carbonyl (C=O) groups is 1. The van der Waals surface area contributed by atoms with Gasteiger partial charge in [-0.05, 0) is 13.8 Å². The molecule has 0 unspecified atom stereocenters. The van der Waals surface area contributed by atoms with Gasteiger partial charge in [0.25, 0.3) is 5.91 Å². The topological polar surface area (TPSA) is 95.0 Å². The highest BCUT2D eigenvalue weighted by Crippen LogP contribution is 2.18. The Balaban J connectivity index is 1.98. The van der Waals surface area contributed by atoms with E-state index in [9.17, 15) is 4.79 Å². The van der Waals surface area contributed by atoms with Gasteiger partial charge in [-0.25, -0.2) is 4.98 Å². The Morgan fingerprint density at radius 2 is 2.10 bits per heavy atom. The monoisotopic (exact) mass is 297 g/mol. The predicted molar refractivity (Wildman–Crippen MR) is 77.1 cm³/mol. The summed E-state index contributed by atoms with van der Waals surface area (Å²) in [6, 6.07) is 0. The van der Waals surface area contributed by atoms with Crippen molar-refractivity contribution in [1.29, 1.82) is 0 Å². The largest absolute Gasteiger partial charge is 0.409 e. The van der Waals surface area contributed by atoms with Gasteiger partial charge < -0.3 is 15.8 Å². The van der Waals surface area contributed by atoms with Crippen molar-refractivity contribution in [1.82, 2.24) is 14.8 Å². The summed E-state index contributed by atoms with van der Waals surface area (Å²) in [6.07, 6.45) is 0. The van der Waals surface area contributed by atoms with Crippen LogP contribution in [-0.4, -0.2) is 63.5 Å². The lowest BCUT2D eigenvalue weighted by atomic mass is 10.00. The molecule has 1 aromatic rings. The molecule has 2 heterocycles. The number of hydrogen-bond donors (Lipinski definition) is 2. The zero-order valence-corrected chi connectivity index (χ0v) is 12.4. The molecule has 20 heavy (non-hydrogen) atoms. The summed E-state index contributed by atoms with van der Waals surface area (Å²) in [4.78, 5) is 20.1. The molecule has 0 aromatic carbocycles. The van der Waals surface area contributed by atoms with Gasteiger partial charge in [0, 0.05) is 31.6 Å². The molecule has 0 radical (unpaired) electrons. The summed E-state index contributed by atoms with van der Waals surface area (Å²) in [5.74, 6) is 0.143. The molecule has 1 fully saturated rings. The summed E-state index contributed by atoms with van der Waals surface area (Å²) >= 11 is 1.41. The number of amidine groups is 1. The second-order valence-corrected chi connectivity index (χ2v) is 5.92. The summed E-state index contributed by atoms with van der Waals surface area (Å²) in [5, 5.41) is 13.7. The molecule has 110 valence electrons. The van der Waals surface area contributed by atoms with Gasteiger partial charge >= 0.3 is 0 Å². The molecule has 1 aromatic heterocycles. The number of amides is 1. The second kappa shape index (κ2) is 5.76. The van der Waals surface area contributed by atoms with Crippen LogP contribution in [0.5, 0.6) is 0 Å². The highest BCUT2D eigenvalue weighted by molar-refractivity contribution is 7.07. The van der Waals surface area contributed by atoms with Crippen molar-refractivity contribution < 1.29 is 10.0 Å². The first-order valence-corrected chi connectivity index (χ1v) is 7.31. The minimum absolute atomic E-state index is 0.0347. The molecule has 7 nitrogen and oxygen atoms in total. The standard InChI is InChI=1S/C12H19N5O2S/c1-12(2,11(13)15-19)17-5-3-16(4-6-17)10(18)9-7-20-8-14-9/h7-8,19H,3-6H2,1-2H3,(H2,13,15). The average molecular weight is 297 g/mol. The number of nitrogens with zero attached hydrogens (tertiary/aromatic N) is 4. The Kier molecular flexibility index (Phi) is 4.24. The van der Waals surface area contributed by atoms with Crippen LogP contribution in [-0.2, 0) is 0 Å². The molecule has 0 atom stereocenters. The summed E-state index contributed by atoms with van der Waals surface area (Å²) < 4.78 is 0. The molecule has 0 saturated carbocycles. The Labute approximate surface area is 121 Å². The Hall–Kier alpha value is -1.67. The summed E-state index contributed by atoms with van der Waals surface area (Å²) in [6.45, 7) is 6.38. The van der Waals surface area contributed by atoms with Gasteiger partial charge in [0.05, 0.1) is 11.0 Å². The third kappa shape index (κ3) is 2.75. The molecule has 1 aliphatic rings. The molecule has 0 aliphatic carbocycles. The van der Waals surface area contributed by atoms with Gasteiger partial charge in [-0.2, -0.15) is 0 Å². The lowest BCUT2D eigenvalue weighted by molar-refractivity contribution is 0.0527. The van der Waals surface area contributed by atoms with Crippen LogP contribution in [0.1, 0.15) is 24.3 Å². The number of piperazine rings is 1. The second-order valence-electron chi connectivity index (χ2n) is 5.20. The maximum atomic E-state index is 12.2.